The van der Waals surface area contributed by atoms with Crippen LogP contribution in [0.3, 0.4) is 0 Å². The number of carbonyl (C=O) groups excluding carboxylic acids is 1. The molecule has 4 rings (SSSR count). The van der Waals surface area contributed by atoms with Crippen molar-refractivity contribution in [2.75, 3.05) is 33.3 Å². The summed E-state index contributed by atoms with van der Waals surface area (Å²) < 4.78 is 6.09. The van der Waals surface area contributed by atoms with Crippen molar-refractivity contribution in [2.45, 2.75) is 31.2 Å². The Hall–Kier alpha value is -2.28. The van der Waals surface area contributed by atoms with Crippen molar-refractivity contribution < 1.29 is 9.53 Å². The van der Waals surface area contributed by atoms with Gasteiger partial charge in [-0.3, -0.25) is 19.6 Å². The van der Waals surface area contributed by atoms with Crippen LogP contribution in [0, 0.1) is 0 Å². The van der Waals surface area contributed by atoms with E-state index in [2.05, 4.69) is 39.5 Å². The highest BCUT2D eigenvalue weighted by Gasteiger charge is 2.38. The first kappa shape index (κ1) is 19.1. The topological polar surface area (TPSA) is 57.7 Å². The van der Waals surface area contributed by atoms with Crippen LogP contribution in [0.4, 0.5) is 0 Å². The maximum Gasteiger partial charge on any atom is 0.234 e. The van der Waals surface area contributed by atoms with Crippen molar-refractivity contribution in [1.82, 2.24) is 20.1 Å². The van der Waals surface area contributed by atoms with E-state index in [4.69, 9.17) is 4.74 Å². The Kier molecular flexibility index (Phi) is 6.00. The molecule has 0 unspecified atom stereocenters. The molecule has 0 saturated carbocycles. The van der Waals surface area contributed by atoms with E-state index < -0.39 is 0 Å². The average molecular weight is 380 g/mol. The molecule has 2 fully saturated rings. The van der Waals surface area contributed by atoms with Crippen LogP contribution in [-0.4, -0.2) is 66.1 Å². The normalized spacial score (nSPS) is 24.9. The molecule has 28 heavy (non-hydrogen) atoms. The Morgan fingerprint density at radius 2 is 2.00 bits per heavy atom. The summed E-state index contributed by atoms with van der Waals surface area (Å²) in [7, 11) is 1.97. The van der Waals surface area contributed by atoms with Gasteiger partial charge in [-0.05, 0) is 36.7 Å². The molecule has 0 aliphatic carbocycles. The van der Waals surface area contributed by atoms with Crippen LogP contribution < -0.4 is 5.32 Å². The fourth-order valence-electron chi connectivity index (χ4n) is 4.22. The number of fused-ring (bicyclic) bond motifs is 1. The third kappa shape index (κ3) is 4.76. The van der Waals surface area contributed by atoms with Crippen LogP contribution in [0.25, 0.3) is 0 Å². The lowest BCUT2D eigenvalue weighted by Crippen LogP contribution is -2.44. The molecule has 1 aromatic heterocycles. The Morgan fingerprint density at radius 3 is 2.79 bits per heavy atom. The lowest BCUT2D eigenvalue weighted by atomic mass is 10.1. The number of rotatable bonds is 6. The molecular weight excluding hydrogens is 352 g/mol. The zero-order valence-corrected chi connectivity index (χ0v) is 16.3. The lowest BCUT2D eigenvalue weighted by Gasteiger charge is -2.35. The summed E-state index contributed by atoms with van der Waals surface area (Å²) in [5, 5.41) is 3.22. The maximum atomic E-state index is 12.5. The fourth-order valence-corrected chi connectivity index (χ4v) is 4.22. The highest BCUT2D eigenvalue weighted by Crippen LogP contribution is 2.30. The first-order chi connectivity index (χ1) is 13.7. The first-order valence-electron chi connectivity index (χ1n) is 9.95. The minimum atomic E-state index is 0.0851. The van der Waals surface area contributed by atoms with Crippen LogP contribution in [0.5, 0.6) is 0 Å². The van der Waals surface area contributed by atoms with Crippen LogP contribution >= 0.6 is 0 Å². The number of hydrogen-bond acceptors (Lipinski definition) is 5. The van der Waals surface area contributed by atoms with Crippen molar-refractivity contribution in [2.24, 2.45) is 0 Å². The van der Waals surface area contributed by atoms with Gasteiger partial charge < -0.3 is 10.1 Å². The second-order valence-electron chi connectivity index (χ2n) is 7.87. The fraction of sp³-hybridized carbons (Fsp3) is 0.455. The molecule has 2 aliphatic rings. The van der Waals surface area contributed by atoms with E-state index in [-0.39, 0.29) is 18.1 Å². The van der Waals surface area contributed by atoms with E-state index >= 15 is 0 Å². The van der Waals surface area contributed by atoms with E-state index in [9.17, 15) is 4.79 Å². The number of aromatic nitrogens is 1. The molecule has 0 spiro atoms. The molecule has 1 aromatic carbocycles. The van der Waals surface area contributed by atoms with E-state index in [1.165, 1.54) is 5.56 Å². The smallest absolute Gasteiger partial charge is 0.234 e. The average Bonchev–Trinajstić information content (AvgIpc) is 3.10. The van der Waals surface area contributed by atoms with E-state index in [1.807, 2.05) is 30.1 Å². The molecule has 2 aliphatic heterocycles. The summed E-state index contributed by atoms with van der Waals surface area (Å²) in [5.41, 5.74) is 2.39. The van der Waals surface area contributed by atoms with Gasteiger partial charge in [0.05, 0.1) is 19.3 Å². The highest BCUT2D eigenvalue weighted by molar-refractivity contribution is 5.78. The Labute approximate surface area is 166 Å². The summed E-state index contributed by atoms with van der Waals surface area (Å²) in [6.07, 6.45) is 4.64. The summed E-state index contributed by atoms with van der Waals surface area (Å²) in [5.74, 6) is 0.0851. The SMILES string of the molecule is CN(CC(=O)N[C@H]1C[C@H]2CO[C@@H](c3ccccc3)CN2C1)Cc1ccncc1. The van der Waals surface area contributed by atoms with E-state index in [0.29, 0.717) is 12.6 Å². The Morgan fingerprint density at radius 1 is 1.21 bits per heavy atom. The van der Waals surface area contributed by atoms with Crippen LogP contribution in [0.1, 0.15) is 23.7 Å². The molecule has 3 atom stereocenters. The molecule has 0 bridgehead atoms. The predicted molar refractivity (Wildman–Crippen MR) is 108 cm³/mol. The summed E-state index contributed by atoms with van der Waals surface area (Å²) >= 11 is 0. The highest BCUT2D eigenvalue weighted by atomic mass is 16.5. The van der Waals surface area contributed by atoms with Gasteiger partial charge in [0.25, 0.3) is 0 Å². The number of nitrogens with one attached hydrogen (secondary N) is 1. The van der Waals surface area contributed by atoms with Crippen LogP contribution in [-0.2, 0) is 16.1 Å². The van der Waals surface area contributed by atoms with Crippen molar-refractivity contribution in [3.63, 3.8) is 0 Å². The molecule has 2 aromatic rings. The van der Waals surface area contributed by atoms with Gasteiger partial charge in [0.1, 0.15) is 0 Å². The van der Waals surface area contributed by atoms with Gasteiger partial charge in [0.2, 0.25) is 5.91 Å². The van der Waals surface area contributed by atoms with Gasteiger partial charge in [-0.25, -0.2) is 0 Å². The van der Waals surface area contributed by atoms with Gasteiger partial charge >= 0.3 is 0 Å². The van der Waals surface area contributed by atoms with Gasteiger partial charge in [0, 0.05) is 44.1 Å². The number of likely N-dealkylation sites (N-methyl/N-ethyl adjacent to an activating group) is 1. The van der Waals surface area contributed by atoms with Crippen molar-refractivity contribution in [3.8, 4) is 0 Å². The molecule has 6 heteroatoms. The van der Waals surface area contributed by atoms with E-state index in [0.717, 1.165) is 38.2 Å². The Bertz CT molecular complexity index is 771. The number of amides is 1. The lowest BCUT2D eigenvalue weighted by molar-refractivity contribution is -0.122. The molecule has 2 saturated heterocycles. The molecule has 3 heterocycles. The van der Waals surface area contributed by atoms with Gasteiger partial charge in [-0.1, -0.05) is 30.3 Å². The minimum absolute atomic E-state index is 0.0851. The number of morpholine rings is 1. The zero-order valence-electron chi connectivity index (χ0n) is 16.3. The molecule has 148 valence electrons. The second-order valence-corrected chi connectivity index (χ2v) is 7.87. The summed E-state index contributed by atoms with van der Waals surface area (Å²) in [6, 6.07) is 14.9. The number of benzene rings is 1. The largest absolute Gasteiger partial charge is 0.371 e. The van der Waals surface area contributed by atoms with Gasteiger partial charge in [0.15, 0.2) is 0 Å². The molecule has 0 radical (unpaired) electrons. The predicted octanol–water partition coefficient (Wildman–Crippen LogP) is 1.84. The van der Waals surface area contributed by atoms with Gasteiger partial charge in [-0.15, -0.1) is 0 Å². The monoisotopic (exact) mass is 380 g/mol. The van der Waals surface area contributed by atoms with Gasteiger partial charge in [-0.2, -0.15) is 0 Å². The third-order valence-corrected chi connectivity index (χ3v) is 5.57. The van der Waals surface area contributed by atoms with Crippen molar-refractivity contribution in [1.29, 1.82) is 0 Å². The number of ether oxygens (including phenoxy) is 1. The summed E-state index contributed by atoms with van der Waals surface area (Å²) in [6.45, 7) is 3.66. The second kappa shape index (κ2) is 8.82. The van der Waals surface area contributed by atoms with Crippen molar-refractivity contribution in [3.05, 3.63) is 66.0 Å². The van der Waals surface area contributed by atoms with Crippen LogP contribution in [0.15, 0.2) is 54.9 Å². The molecule has 1 N–H and O–H groups in total. The Balaban J connectivity index is 1.25. The number of hydrogen-bond donors (Lipinski definition) is 1. The quantitative estimate of drug-likeness (QED) is 0.829. The van der Waals surface area contributed by atoms with Crippen LogP contribution in [0.2, 0.25) is 0 Å². The maximum absolute atomic E-state index is 12.5. The molecule has 6 nitrogen and oxygen atoms in total. The molecular formula is C22H28N4O2. The van der Waals surface area contributed by atoms with Crippen molar-refractivity contribution >= 4 is 5.91 Å². The third-order valence-electron chi connectivity index (χ3n) is 5.57. The number of carbonyl (C=O) groups is 1. The standard InChI is InChI=1S/C22H28N4O2/c1-25(12-17-7-9-23-10-8-17)15-22(27)24-19-11-20-16-28-21(14-26(20)13-19)18-5-3-2-4-6-18/h2-10,19-21H,11-16H2,1H3,(H,24,27)/t19-,20-,21+/m0/s1. The minimum Gasteiger partial charge on any atom is -0.371 e. The molecule has 1 amide bonds. The first-order valence-corrected chi connectivity index (χ1v) is 9.95. The number of pyridine rings is 1. The summed E-state index contributed by atoms with van der Waals surface area (Å²) in [4.78, 5) is 21.0. The van der Waals surface area contributed by atoms with E-state index in [1.54, 1.807) is 12.4 Å². The number of nitrogens with zero attached hydrogens (tertiary/aromatic N) is 3. The zero-order chi connectivity index (χ0) is 19.3.